The Balaban J connectivity index is 2.62. The molecule has 2 aromatic rings. The molecule has 4 nitrogen and oxygen atoms in total. The molecule has 0 fully saturated rings. The van der Waals surface area contributed by atoms with E-state index >= 15 is 0 Å². The van der Waals surface area contributed by atoms with Gasteiger partial charge in [-0.1, -0.05) is 11.8 Å². The van der Waals surface area contributed by atoms with Crippen molar-refractivity contribution in [2.45, 2.75) is 13.8 Å². The molecule has 0 aliphatic rings. The Hall–Kier alpha value is -2.23. The van der Waals surface area contributed by atoms with Crippen LogP contribution in [0.1, 0.15) is 21.7 Å². The molecule has 0 spiro atoms. The molecule has 0 unspecified atom stereocenters. The molecule has 2 rings (SSSR count). The van der Waals surface area contributed by atoms with Crippen LogP contribution in [-0.4, -0.2) is 15.6 Å². The Morgan fingerprint density at radius 1 is 1.18 bits per heavy atom. The lowest BCUT2D eigenvalue weighted by molar-refractivity contribution is -0.268. The number of benzene rings is 1. The summed E-state index contributed by atoms with van der Waals surface area (Å²) in [5, 5.41) is 20.3. The topological polar surface area (TPSA) is 65.3 Å². The molecular weight excluding hydrogens is 218 g/mol. The van der Waals surface area contributed by atoms with Crippen LogP contribution in [0, 0.1) is 13.8 Å². The van der Waals surface area contributed by atoms with E-state index in [1.165, 1.54) is 12.1 Å². The summed E-state index contributed by atoms with van der Waals surface area (Å²) in [6.07, 6.45) is 0. The molecule has 4 heteroatoms. The Bertz CT molecular complexity index is 565. The molecular formula is C13H12NO3-. The van der Waals surface area contributed by atoms with Crippen LogP contribution in [0.4, 0.5) is 0 Å². The summed E-state index contributed by atoms with van der Waals surface area (Å²) in [7, 11) is 0. The van der Waals surface area contributed by atoms with E-state index < -0.39 is 11.7 Å². The Labute approximate surface area is 98.8 Å². The highest BCUT2D eigenvalue weighted by Gasteiger charge is 2.08. The zero-order valence-electron chi connectivity index (χ0n) is 9.60. The summed E-state index contributed by atoms with van der Waals surface area (Å²) in [6, 6.07) is 8.22. The number of hydrogen-bond acceptors (Lipinski definition) is 2. The predicted molar refractivity (Wildman–Crippen MR) is 61.6 cm³/mol. The lowest BCUT2D eigenvalue weighted by Crippen LogP contribution is -2.06. The summed E-state index contributed by atoms with van der Waals surface area (Å²) in [4.78, 5) is 10.9. The smallest absolute Gasteiger partial charge is 0.335 e. The van der Waals surface area contributed by atoms with Gasteiger partial charge in [0.15, 0.2) is 0 Å². The number of hydrogen-bond donors (Lipinski definition) is 1. The molecule has 1 aromatic heterocycles. The normalized spacial score (nSPS) is 10.5. The van der Waals surface area contributed by atoms with Gasteiger partial charge in [-0.2, -0.15) is 0 Å². The average Bonchev–Trinajstić information content (AvgIpc) is 2.59. The summed E-state index contributed by atoms with van der Waals surface area (Å²) >= 11 is 0. The quantitative estimate of drug-likeness (QED) is 0.856. The number of rotatable bonds is 2. The minimum atomic E-state index is -1.20. The van der Waals surface area contributed by atoms with Gasteiger partial charge in [0.2, 0.25) is 0 Å². The van der Waals surface area contributed by atoms with Crippen LogP contribution in [-0.2, 0) is 0 Å². The number of aromatic carboxylic acids is 1. The van der Waals surface area contributed by atoms with E-state index in [1.54, 1.807) is 6.07 Å². The highest BCUT2D eigenvalue weighted by molar-refractivity contribution is 5.91. The Kier molecular flexibility index (Phi) is 2.63. The fourth-order valence-corrected chi connectivity index (χ4v) is 1.90. The molecule has 0 saturated heterocycles. The number of aryl methyl sites for hydroxylation is 2. The van der Waals surface area contributed by atoms with E-state index in [0.717, 1.165) is 11.4 Å². The first-order chi connectivity index (χ1) is 8.00. The third-order valence-electron chi connectivity index (χ3n) is 2.72. The second-order valence-electron chi connectivity index (χ2n) is 3.94. The van der Waals surface area contributed by atoms with Crippen molar-refractivity contribution in [3.63, 3.8) is 0 Å². The average molecular weight is 230 g/mol. The number of nitrogens with zero attached hydrogens (tertiary/aromatic N) is 1. The molecule has 0 bridgehead atoms. The van der Waals surface area contributed by atoms with Gasteiger partial charge in [-0.05, 0) is 38.1 Å². The van der Waals surface area contributed by atoms with Crippen LogP contribution in [0.25, 0.3) is 5.69 Å². The molecule has 0 saturated carbocycles. The highest BCUT2D eigenvalue weighted by atomic mass is 16.4. The van der Waals surface area contributed by atoms with Crippen molar-refractivity contribution < 1.29 is 15.0 Å². The number of carbonyl (C=O) groups is 1. The van der Waals surface area contributed by atoms with E-state index in [-0.39, 0.29) is 5.56 Å². The molecule has 0 atom stereocenters. The molecule has 1 N–H and O–H groups in total. The van der Waals surface area contributed by atoms with Crippen molar-refractivity contribution >= 4 is 5.97 Å². The van der Waals surface area contributed by atoms with Crippen molar-refractivity contribution in [2.75, 3.05) is 0 Å². The summed E-state index contributed by atoms with van der Waals surface area (Å²) in [5.74, 6) is -1.66. The molecule has 1 heterocycles. The molecule has 0 amide bonds. The maximum atomic E-state index is 11.4. The first-order valence-corrected chi connectivity index (χ1v) is 5.20. The van der Waals surface area contributed by atoms with Crippen LogP contribution < -0.4 is 5.11 Å². The molecule has 88 valence electrons. The second kappa shape index (κ2) is 3.97. The zero-order chi connectivity index (χ0) is 12.6. The minimum absolute atomic E-state index is 0.199. The fourth-order valence-electron chi connectivity index (χ4n) is 1.90. The van der Waals surface area contributed by atoms with E-state index in [9.17, 15) is 9.90 Å². The maximum Gasteiger partial charge on any atom is 0.335 e. The second-order valence-corrected chi connectivity index (χ2v) is 3.94. The van der Waals surface area contributed by atoms with Gasteiger partial charge in [0.25, 0.3) is 0 Å². The van der Waals surface area contributed by atoms with Crippen LogP contribution in [0.15, 0.2) is 30.3 Å². The van der Waals surface area contributed by atoms with Crippen molar-refractivity contribution in [2.24, 2.45) is 0 Å². The monoisotopic (exact) mass is 230 g/mol. The van der Waals surface area contributed by atoms with Crippen molar-refractivity contribution in [3.8, 4) is 11.4 Å². The fraction of sp³-hybridized carbons (Fsp3) is 0.154. The molecule has 1 aromatic carbocycles. The summed E-state index contributed by atoms with van der Waals surface area (Å²) in [6.45, 7) is 3.86. The largest absolute Gasteiger partial charge is 0.872 e. The van der Waals surface area contributed by atoms with E-state index in [4.69, 9.17) is 5.11 Å². The van der Waals surface area contributed by atoms with Crippen LogP contribution in [0.2, 0.25) is 0 Å². The van der Waals surface area contributed by atoms with Gasteiger partial charge in [0.1, 0.15) is 0 Å². The number of carboxylic acid groups (broad SMARTS) is 1. The van der Waals surface area contributed by atoms with Crippen molar-refractivity contribution in [1.82, 2.24) is 4.57 Å². The van der Waals surface area contributed by atoms with Gasteiger partial charge in [-0.15, -0.1) is 0 Å². The lowest BCUT2D eigenvalue weighted by atomic mass is 10.1. The van der Waals surface area contributed by atoms with Gasteiger partial charge >= 0.3 is 5.97 Å². The molecule has 17 heavy (non-hydrogen) atoms. The Morgan fingerprint density at radius 2 is 1.76 bits per heavy atom. The third kappa shape index (κ3) is 1.89. The lowest BCUT2D eigenvalue weighted by Gasteiger charge is -2.14. The minimum Gasteiger partial charge on any atom is -0.872 e. The summed E-state index contributed by atoms with van der Waals surface area (Å²) in [5.41, 5.74) is 2.49. The highest BCUT2D eigenvalue weighted by Crippen LogP contribution is 2.21. The van der Waals surface area contributed by atoms with Crippen LogP contribution in [0.5, 0.6) is 5.75 Å². The number of carboxylic acids is 1. The zero-order valence-corrected chi connectivity index (χ0v) is 9.60. The van der Waals surface area contributed by atoms with Gasteiger partial charge in [0.05, 0.1) is 5.56 Å². The van der Waals surface area contributed by atoms with Gasteiger partial charge < -0.3 is 14.8 Å². The first-order valence-electron chi connectivity index (χ1n) is 5.20. The van der Waals surface area contributed by atoms with Gasteiger partial charge in [-0.3, -0.25) is 0 Å². The van der Waals surface area contributed by atoms with E-state index in [1.807, 2.05) is 30.5 Å². The summed E-state index contributed by atoms with van der Waals surface area (Å²) < 4.78 is 1.91. The van der Waals surface area contributed by atoms with E-state index in [2.05, 4.69) is 0 Å². The van der Waals surface area contributed by atoms with Crippen molar-refractivity contribution in [1.29, 1.82) is 0 Å². The van der Waals surface area contributed by atoms with Gasteiger partial charge in [-0.25, -0.2) is 4.79 Å². The molecule has 0 radical (unpaired) electrons. The van der Waals surface area contributed by atoms with E-state index in [0.29, 0.717) is 5.69 Å². The molecule has 0 aliphatic heterocycles. The SMILES string of the molecule is Cc1ccc(C)n1-c1ccc([O-])c(C(=O)O)c1. The predicted octanol–water partition coefficient (Wildman–Crippen LogP) is 1.87. The number of aromatic nitrogens is 1. The molecule has 0 aliphatic carbocycles. The Morgan fingerprint density at radius 3 is 2.29 bits per heavy atom. The van der Waals surface area contributed by atoms with Crippen molar-refractivity contribution in [3.05, 3.63) is 47.3 Å². The van der Waals surface area contributed by atoms with Gasteiger partial charge in [0, 0.05) is 17.1 Å². The third-order valence-corrected chi connectivity index (χ3v) is 2.72. The van der Waals surface area contributed by atoms with Crippen LogP contribution >= 0.6 is 0 Å². The first kappa shape index (κ1) is 11.3. The maximum absolute atomic E-state index is 11.4. The standard InChI is InChI=1S/C13H13NO3/c1-8-3-4-9(2)14(8)10-5-6-12(15)11(7-10)13(16)17/h3-7,15H,1-2H3,(H,16,17)/p-1. The van der Waals surface area contributed by atoms with Crippen LogP contribution in [0.3, 0.4) is 0 Å².